The smallest absolute Gasteiger partial charge is 0.263 e. The summed E-state index contributed by atoms with van der Waals surface area (Å²) in [6, 6.07) is 9.63. The molecule has 0 saturated heterocycles. The first-order valence-corrected chi connectivity index (χ1v) is 6.11. The molecule has 0 spiro atoms. The molecule has 4 nitrogen and oxygen atoms in total. The maximum atomic E-state index is 12.4. The minimum atomic E-state index is -0.0118. The maximum Gasteiger partial charge on any atom is 0.263 e. The highest BCUT2D eigenvalue weighted by Gasteiger charge is 2.12. The van der Waals surface area contributed by atoms with Gasteiger partial charge >= 0.3 is 0 Å². The number of nitrogens with zero attached hydrogens (tertiary/aromatic N) is 2. The van der Waals surface area contributed by atoms with E-state index in [-0.39, 0.29) is 5.96 Å². The third-order valence-corrected chi connectivity index (χ3v) is 2.38. The Morgan fingerprint density at radius 2 is 2.18 bits per heavy atom. The van der Waals surface area contributed by atoms with Crippen molar-refractivity contribution >= 4 is 22.1 Å². The van der Waals surface area contributed by atoms with Crippen molar-refractivity contribution in [2.24, 2.45) is 5.21 Å². The first-order valence-electron chi connectivity index (χ1n) is 5.31. The number of hydrogen-bond acceptors (Lipinski definition) is 2. The van der Waals surface area contributed by atoms with E-state index in [1.807, 2.05) is 37.3 Å². The Morgan fingerprint density at radius 1 is 1.47 bits per heavy atom. The molecule has 0 atom stereocenters. The molecular weight excluding hydrogens is 289 g/mol. The van der Waals surface area contributed by atoms with Crippen LogP contribution in [0.15, 0.2) is 35.5 Å². The summed E-state index contributed by atoms with van der Waals surface area (Å²) in [4.78, 5) is 5.41. The fourth-order valence-corrected chi connectivity index (χ4v) is 1.50. The lowest BCUT2D eigenvalue weighted by Crippen LogP contribution is -2.36. The lowest BCUT2D eigenvalue weighted by molar-refractivity contribution is -0.109. The molecule has 0 saturated carbocycles. The highest BCUT2D eigenvalue weighted by Crippen LogP contribution is 2.06. The molecule has 6 heteroatoms. The van der Waals surface area contributed by atoms with Gasteiger partial charge in [-0.2, -0.15) is 0 Å². The lowest BCUT2D eigenvalue weighted by Gasteiger charge is -2.22. The molecule has 0 aliphatic carbocycles. The van der Waals surface area contributed by atoms with Crippen LogP contribution in [0.2, 0.25) is 0 Å². The number of nitrogens with one attached hydrogen (secondary N) is 1. The molecule has 1 rings (SSSR count). The molecule has 0 heterocycles. The minimum Gasteiger partial charge on any atom is -0.289 e. The van der Waals surface area contributed by atoms with Crippen LogP contribution in [0, 0.1) is 0 Å². The van der Waals surface area contributed by atoms with Crippen LogP contribution in [0.1, 0.15) is 18.9 Å². The molecule has 1 N–H and O–H groups in total. The Bertz CT molecular complexity index is 348. The molecule has 0 aliphatic rings. The van der Waals surface area contributed by atoms with Crippen LogP contribution in [-0.4, -0.2) is 17.6 Å². The van der Waals surface area contributed by atoms with Gasteiger partial charge in [0.25, 0.3) is 5.96 Å². The zero-order valence-corrected chi connectivity index (χ0v) is 11.2. The van der Waals surface area contributed by atoms with E-state index in [1.165, 1.54) is 5.06 Å². The normalized spacial score (nSPS) is 11.4. The van der Waals surface area contributed by atoms with E-state index >= 15 is 0 Å². The lowest BCUT2D eigenvalue weighted by atomic mass is 10.2. The molecular formula is C11H15BrFN3O. The molecule has 1 aromatic rings. The Labute approximate surface area is 109 Å². The topological polar surface area (TPSA) is 36.9 Å². The number of halogens is 2. The summed E-state index contributed by atoms with van der Waals surface area (Å²) in [5.41, 5.74) is 1.01. The van der Waals surface area contributed by atoms with Crippen molar-refractivity contribution < 1.29 is 9.32 Å². The monoisotopic (exact) mass is 303 g/mol. The van der Waals surface area contributed by atoms with Crippen LogP contribution in [0.5, 0.6) is 0 Å². The van der Waals surface area contributed by atoms with Crippen molar-refractivity contribution in [3.63, 3.8) is 0 Å². The van der Waals surface area contributed by atoms with Crippen LogP contribution in [-0.2, 0) is 11.4 Å². The number of benzene rings is 1. The van der Waals surface area contributed by atoms with Gasteiger partial charge in [-0.05, 0) is 17.2 Å². The Morgan fingerprint density at radius 3 is 2.71 bits per heavy atom. The van der Waals surface area contributed by atoms with Crippen LogP contribution in [0.25, 0.3) is 0 Å². The second-order valence-corrected chi connectivity index (χ2v) is 3.75. The van der Waals surface area contributed by atoms with Crippen LogP contribution >= 0.6 is 16.1 Å². The summed E-state index contributed by atoms with van der Waals surface area (Å²) in [6.07, 6.45) is 0.840. The number of guanidine groups is 1. The van der Waals surface area contributed by atoms with Gasteiger partial charge in [-0.25, -0.2) is 5.06 Å². The van der Waals surface area contributed by atoms with Gasteiger partial charge in [0.2, 0.25) is 0 Å². The number of rotatable bonds is 5. The Balaban J connectivity index is 2.69. The van der Waals surface area contributed by atoms with Crippen molar-refractivity contribution in [1.29, 1.82) is 0 Å². The van der Waals surface area contributed by atoms with Crippen molar-refractivity contribution in [3.8, 4) is 0 Å². The minimum absolute atomic E-state index is 0.0118. The van der Waals surface area contributed by atoms with E-state index in [9.17, 15) is 4.48 Å². The van der Waals surface area contributed by atoms with E-state index in [2.05, 4.69) is 25.7 Å². The van der Waals surface area contributed by atoms with E-state index in [0.717, 1.165) is 12.0 Å². The van der Waals surface area contributed by atoms with Gasteiger partial charge in [0.15, 0.2) is 0 Å². The van der Waals surface area contributed by atoms with Crippen LogP contribution in [0.4, 0.5) is 4.48 Å². The van der Waals surface area contributed by atoms with Crippen molar-refractivity contribution in [2.75, 3.05) is 6.61 Å². The van der Waals surface area contributed by atoms with E-state index < -0.39 is 0 Å². The predicted octanol–water partition coefficient (Wildman–Crippen LogP) is 2.97. The van der Waals surface area contributed by atoms with Gasteiger partial charge in [-0.15, -0.1) is 0 Å². The second kappa shape index (κ2) is 8.03. The Kier molecular flexibility index (Phi) is 6.57. The zero-order valence-electron chi connectivity index (χ0n) is 9.57. The summed E-state index contributed by atoms with van der Waals surface area (Å²) >= 11 is 2.94. The quantitative estimate of drug-likeness (QED) is 0.393. The van der Waals surface area contributed by atoms with Gasteiger partial charge in [0.1, 0.15) is 0 Å². The second-order valence-electron chi connectivity index (χ2n) is 3.36. The molecule has 94 valence electrons. The average molecular weight is 304 g/mol. The highest BCUT2D eigenvalue weighted by molar-refractivity contribution is 9.08. The molecule has 0 bridgehead atoms. The fourth-order valence-electron chi connectivity index (χ4n) is 1.24. The van der Waals surface area contributed by atoms with Gasteiger partial charge in [-0.3, -0.25) is 9.18 Å². The van der Waals surface area contributed by atoms with E-state index in [0.29, 0.717) is 13.2 Å². The van der Waals surface area contributed by atoms with Crippen molar-refractivity contribution in [1.82, 2.24) is 9.41 Å². The molecule has 17 heavy (non-hydrogen) atoms. The number of hydrogen-bond donors (Lipinski definition) is 1. The van der Waals surface area contributed by atoms with Gasteiger partial charge in [-0.1, -0.05) is 41.7 Å². The molecule has 0 unspecified atom stereocenters. The predicted molar refractivity (Wildman–Crippen MR) is 68.8 cm³/mol. The average Bonchev–Trinajstić information content (AvgIpc) is 2.38. The highest BCUT2D eigenvalue weighted by atomic mass is 79.9. The summed E-state index contributed by atoms with van der Waals surface area (Å²) in [5.74, 6) is -0.0118. The summed E-state index contributed by atoms with van der Waals surface area (Å²) in [6.45, 7) is 2.90. The zero-order chi connectivity index (χ0) is 12.5. The summed E-state index contributed by atoms with van der Waals surface area (Å²) in [5, 5.41) is 3.98. The summed E-state index contributed by atoms with van der Waals surface area (Å²) in [7, 11) is 0. The molecule has 0 fully saturated rings. The summed E-state index contributed by atoms with van der Waals surface area (Å²) < 4.78 is 14.9. The SMILES string of the molecule is CCCON(Cc1ccccc1)C(=NF)NBr. The standard InChI is InChI=1S/C11H15BrFN3O/c1-2-8-17-16(11(14-12)15-13)9-10-6-4-3-5-7-10/h3-7H,2,8-9H2,1H3,(H,14,15). The molecule has 1 aromatic carbocycles. The third-order valence-electron chi connectivity index (χ3n) is 2.02. The van der Waals surface area contributed by atoms with Gasteiger partial charge in [0.05, 0.1) is 13.2 Å². The maximum absolute atomic E-state index is 12.4. The third kappa shape index (κ3) is 4.70. The van der Waals surface area contributed by atoms with E-state index in [4.69, 9.17) is 4.84 Å². The van der Waals surface area contributed by atoms with Gasteiger partial charge < -0.3 is 0 Å². The van der Waals surface area contributed by atoms with Crippen LogP contribution < -0.4 is 4.34 Å². The molecule has 0 aromatic heterocycles. The first-order chi connectivity index (χ1) is 8.31. The number of hydroxylamine groups is 2. The fraction of sp³-hybridized carbons (Fsp3) is 0.364. The molecule has 0 radical (unpaired) electrons. The van der Waals surface area contributed by atoms with Crippen molar-refractivity contribution in [2.45, 2.75) is 19.9 Å². The largest absolute Gasteiger partial charge is 0.289 e. The first kappa shape index (κ1) is 13.9. The molecule has 0 amide bonds. The van der Waals surface area contributed by atoms with Gasteiger partial charge in [0, 0.05) is 16.1 Å². The molecule has 0 aliphatic heterocycles. The van der Waals surface area contributed by atoms with Crippen molar-refractivity contribution in [3.05, 3.63) is 35.9 Å². The Hall–Kier alpha value is -1.14. The van der Waals surface area contributed by atoms with Crippen LogP contribution in [0.3, 0.4) is 0 Å². The van der Waals surface area contributed by atoms with E-state index in [1.54, 1.807) is 0 Å².